The molecule has 1 nitrogen and oxygen atoms in total. The van der Waals surface area contributed by atoms with Gasteiger partial charge in [0.1, 0.15) is 5.82 Å². The van der Waals surface area contributed by atoms with Crippen LogP contribution < -0.4 is 0 Å². The Balaban J connectivity index is 2.23. The van der Waals surface area contributed by atoms with E-state index < -0.39 is 0 Å². The van der Waals surface area contributed by atoms with Crippen LogP contribution in [0.3, 0.4) is 0 Å². The van der Waals surface area contributed by atoms with E-state index in [0.717, 1.165) is 16.7 Å². The molecule has 3 heteroatoms. The predicted octanol–water partition coefficient (Wildman–Crippen LogP) is 3.96. The third kappa shape index (κ3) is 3.24. The molecule has 0 spiro atoms. The zero-order valence-corrected chi connectivity index (χ0v) is 10.6. The maximum atomic E-state index is 12.8. The van der Waals surface area contributed by atoms with Crippen LogP contribution in [0.15, 0.2) is 48.5 Å². The molecule has 86 valence electrons. The highest BCUT2D eigenvalue weighted by Crippen LogP contribution is 2.20. The van der Waals surface area contributed by atoms with Crippen molar-refractivity contribution in [3.05, 3.63) is 59.9 Å². The molecular formula is C14H10BrFO. The average Bonchev–Trinajstić information content (AvgIpc) is 2.30. The van der Waals surface area contributed by atoms with Crippen LogP contribution in [0.5, 0.6) is 0 Å². The van der Waals surface area contributed by atoms with E-state index in [-0.39, 0.29) is 10.5 Å². The van der Waals surface area contributed by atoms with Crippen molar-refractivity contribution >= 4 is 20.6 Å². The van der Waals surface area contributed by atoms with Gasteiger partial charge < -0.3 is 0 Å². The summed E-state index contributed by atoms with van der Waals surface area (Å²) >= 11 is 2.90. The second-order valence-corrected chi connectivity index (χ2v) is 4.62. The molecule has 2 aromatic carbocycles. The van der Waals surface area contributed by atoms with Crippen LogP contribution in [0, 0.1) is 5.82 Å². The number of carbonyl (C=O) groups is 1. The summed E-state index contributed by atoms with van der Waals surface area (Å²) in [6.45, 7) is 0. The van der Waals surface area contributed by atoms with Gasteiger partial charge in [-0.3, -0.25) is 4.79 Å². The molecule has 0 fully saturated rings. The zero-order valence-electron chi connectivity index (χ0n) is 8.99. The molecule has 0 saturated heterocycles. The van der Waals surface area contributed by atoms with Crippen LogP contribution in [0.4, 0.5) is 4.39 Å². The standard InChI is InChI=1S/C14H10BrFO/c15-14(17)9-10-1-3-11(4-2-10)12-5-7-13(16)8-6-12/h1-8H,9H2. The highest BCUT2D eigenvalue weighted by molar-refractivity contribution is 9.18. The molecule has 0 heterocycles. The van der Waals surface area contributed by atoms with Crippen LogP contribution in [0.1, 0.15) is 5.56 Å². The minimum Gasteiger partial charge on any atom is -0.286 e. The second kappa shape index (κ2) is 5.23. The van der Waals surface area contributed by atoms with Crippen LogP contribution in [0.25, 0.3) is 11.1 Å². The number of rotatable bonds is 3. The summed E-state index contributed by atoms with van der Waals surface area (Å²) in [5, 5.41) is 0. The Morgan fingerprint density at radius 3 is 1.88 bits per heavy atom. The topological polar surface area (TPSA) is 17.1 Å². The lowest BCUT2D eigenvalue weighted by atomic mass is 10.0. The van der Waals surface area contributed by atoms with Gasteiger partial charge in [0.2, 0.25) is 4.69 Å². The van der Waals surface area contributed by atoms with Crippen molar-refractivity contribution in [1.82, 2.24) is 0 Å². The Bertz CT molecular complexity index is 517. The first kappa shape index (κ1) is 12.0. The van der Waals surface area contributed by atoms with Gasteiger partial charge in [-0.05, 0) is 44.8 Å². The molecule has 0 saturated carbocycles. The monoisotopic (exact) mass is 292 g/mol. The van der Waals surface area contributed by atoms with Crippen molar-refractivity contribution in [2.24, 2.45) is 0 Å². The first-order valence-corrected chi connectivity index (χ1v) is 5.97. The lowest BCUT2D eigenvalue weighted by Gasteiger charge is -2.03. The molecular weight excluding hydrogens is 283 g/mol. The van der Waals surface area contributed by atoms with Crippen LogP contribution >= 0.6 is 15.9 Å². The van der Waals surface area contributed by atoms with Gasteiger partial charge in [0.05, 0.1) is 0 Å². The molecule has 0 bridgehead atoms. The SMILES string of the molecule is O=C(Br)Cc1ccc(-c2ccc(F)cc2)cc1. The van der Waals surface area contributed by atoms with E-state index in [1.807, 2.05) is 24.3 Å². The highest BCUT2D eigenvalue weighted by Gasteiger charge is 2.01. The predicted molar refractivity (Wildman–Crippen MR) is 69.5 cm³/mol. The van der Waals surface area contributed by atoms with E-state index >= 15 is 0 Å². The summed E-state index contributed by atoms with van der Waals surface area (Å²) in [7, 11) is 0. The quantitative estimate of drug-likeness (QED) is 0.783. The number of halogens is 2. The number of carbonyl (C=O) groups excluding carboxylic acids is 1. The molecule has 2 rings (SSSR count). The van der Waals surface area contributed by atoms with Crippen molar-refractivity contribution in [2.45, 2.75) is 6.42 Å². The Morgan fingerprint density at radius 2 is 1.41 bits per heavy atom. The smallest absolute Gasteiger partial charge is 0.202 e. The molecule has 0 aliphatic heterocycles. The van der Waals surface area contributed by atoms with Crippen molar-refractivity contribution in [3.8, 4) is 11.1 Å². The van der Waals surface area contributed by atoms with Gasteiger partial charge in [-0.15, -0.1) is 0 Å². The first-order chi connectivity index (χ1) is 8.15. The molecule has 0 unspecified atom stereocenters. The number of benzene rings is 2. The van der Waals surface area contributed by atoms with Gasteiger partial charge in [-0.2, -0.15) is 0 Å². The number of hydrogen-bond acceptors (Lipinski definition) is 1. The molecule has 17 heavy (non-hydrogen) atoms. The largest absolute Gasteiger partial charge is 0.286 e. The van der Waals surface area contributed by atoms with Crippen LogP contribution in [0.2, 0.25) is 0 Å². The maximum absolute atomic E-state index is 12.8. The Labute approximate surface area is 107 Å². The van der Waals surface area contributed by atoms with E-state index in [2.05, 4.69) is 15.9 Å². The van der Waals surface area contributed by atoms with Crippen molar-refractivity contribution in [2.75, 3.05) is 0 Å². The van der Waals surface area contributed by atoms with Crippen molar-refractivity contribution in [1.29, 1.82) is 0 Å². The molecule has 0 amide bonds. The van der Waals surface area contributed by atoms with Crippen molar-refractivity contribution in [3.63, 3.8) is 0 Å². The minimum atomic E-state index is -0.241. The Morgan fingerprint density at radius 1 is 0.941 bits per heavy atom. The van der Waals surface area contributed by atoms with Crippen LogP contribution in [-0.4, -0.2) is 4.69 Å². The van der Waals surface area contributed by atoms with Gasteiger partial charge in [0.15, 0.2) is 0 Å². The highest BCUT2D eigenvalue weighted by atomic mass is 79.9. The first-order valence-electron chi connectivity index (χ1n) is 5.18. The fourth-order valence-corrected chi connectivity index (χ4v) is 1.94. The fraction of sp³-hybridized carbons (Fsp3) is 0.0714. The minimum absolute atomic E-state index is 0.0352. The zero-order chi connectivity index (χ0) is 12.3. The van der Waals surface area contributed by atoms with Gasteiger partial charge in [-0.1, -0.05) is 36.4 Å². The van der Waals surface area contributed by atoms with Gasteiger partial charge in [0.25, 0.3) is 0 Å². The summed E-state index contributed by atoms with van der Waals surface area (Å²) in [5.41, 5.74) is 2.93. The number of hydrogen-bond donors (Lipinski definition) is 0. The Hall–Kier alpha value is -1.48. The average molecular weight is 293 g/mol. The second-order valence-electron chi connectivity index (χ2n) is 3.74. The maximum Gasteiger partial charge on any atom is 0.202 e. The lowest BCUT2D eigenvalue weighted by molar-refractivity contribution is -0.109. The summed E-state index contributed by atoms with van der Waals surface area (Å²) in [6.07, 6.45) is 0.379. The van der Waals surface area contributed by atoms with E-state index in [1.54, 1.807) is 12.1 Å². The Kier molecular flexibility index (Phi) is 3.69. The molecule has 0 aromatic heterocycles. The van der Waals surface area contributed by atoms with E-state index in [9.17, 15) is 9.18 Å². The van der Waals surface area contributed by atoms with E-state index in [4.69, 9.17) is 0 Å². The van der Waals surface area contributed by atoms with Gasteiger partial charge in [-0.25, -0.2) is 4.39 Å². The van der Waals surface area contributed by atoms with Crippen molar-refractivity contribution < 1.29 is 9.18 Å². The third-order valence-electron chi connectivity index (χ3n) is 2.47. The van der Waals surface area contributed by atoms with E-state index in [0.29, 0.717) is 6.42 Å². The molecule has 0 atom stereocenters. The molecule has 0 N–H and O–H groups in total. The molecule has 0 aliphatic rings. The van der Waals surface area contributed by atoms with E-state index in [1.165, 1.54) is 12.1 Å². The molecule has 0 radical (unpaired) electrons. The lowest BCUT2D eigenvalue weighted by Crippen LogP contribution is -1.92. The summed E-state index contributed by atoms with van der Waals surface area (Å²) < 4.78 is 12.7. The molecule has 2 aromatic rings. The summed E-state index contributed by atoms with van der Waals surface area (Å²) in [4.78, 5) is 10.9. The summed E-state index contributed by atoms with van der Waals surface area (Å²) in [6, 6.07) is 14.0. The third-order valence-corrected chi connectivity index (χ3v) is 2.75. The summed E-state index contributed by atoms with van der Waals surface area (Å²) in [5.74, 6) is -0.241. The van der Waals surface area contributed by atoms with Crippen LogP contribution in [-0.2, 0) is 11.2 Å². The fourth-order valence-electron chi connectivity index (χ4n) is 1.62. The molecule has 0 aliphatic carbocycles. The van der Waals surface area contributed by atoms with Gasteiger partial charge >= 0.3 is 0 Å². The van der Waals surface area contributed by atoms with Gasteiger partial charge in [0, 0.05) is 6.42 Å². The normalized spacial score (nSPS) is 10.2.